The van der Waals surface area contributed by atoms with Gasteiger partial charge in [0.2, 0.25) is 0 Å². The zero-order valence-electron chi connectivity index (χ0n) is 10.8. The minimum atomic E-state index is 0.0895. The summed E-state index contributed by atoms with van der Waals surface area (Å²) in [6.45, 7) is 0. The molecule has 1 aliphatic carbocycles. The number of nitrogens with two attached hydrogens (primary N) is 1. The molecular formula is C15H18N4. The number of hydrogen-bond acceptors (Lipinski definition) is 4. The molecule has 1 heterocycles. The molecular weight excluding hydrogens is 236 g/mol. The fourth-order valence-electron chi connectivity index (χ4n) is 2.70. The SMILES string of the molecule is NNC(C1=CCCCC1)c1ccc2nccnc2c1. The number of hydrazine groups is 1. The van der Waals surface area contributed by atoms with E-state index in [0.717, 1.165) is 29.4 Å². The standard InChI is InChI=1S/C15H18N4/c16-19-15(11-4-2-1-3-5-11)12-6-7-13-14(10-12)18-9-8-17-13/h4,6-10,15,19H,1-3,5,16H2. The van der Waals surface area contributed by atoms with Crippen LogP contribution in [0.15, 0.2) is 42.2 Å². The van der Waals surface area contributed by atoms with Crippen molar-refractivity contribution in [2.45, 2.75) is 31.7 Å². The lowest BCUT2D eigenvalue weighted by atomic mass is 9.90. The Morgan fingerprint density at radius 3 is 2.68 bits per heavy atom. The van der Waals surface area contributed by atoms with E-state index in [0.29, 0.717) is 0 Å². The molecule has 0 fully saturated rings. The Morgan fingerprint density at radius 1 is 1.11 bits per heavy atom. The molecule has 2 aromatic rings. The number of nitrogens with zero attached hydrogens (tertiary/aromatic N) is 2. The molecule has 4 nitrogen and oxygen atoms in total. The van der Waals surface area contributed by atoms with Gasteiger partial charge in [-0.2, -0.15) is 0 Å². The topological polar surface area (TPSA) is 63.8 Å². The largest absolute Gasteiger partial charge is 0.271 e. The van der Waals surface area contributed by atoms with E-state index in [4.69, 9.17) is 5.84 Å². The van der Waals surface area contributed by atoms with E-state index in [1.54, 1.807) is 12.4 Å². The van der Waals surface area contributed by atoms with Crippen LogP contribution in [0.3, 0.4) is 0 Å². The Balaban J connectivity index is 1.98. The molecule has 0 saturated heterocycles. The summed E-state index contributed by atoms with van der Waals surface area (Å²) in [5, 5.41) is 0. The first kappa shape index (κ1) is 12.3. The van der Waals surface area contributed by atoms with Gasteiger partial charge in [-0.3, -0.25) is 15.8 Å². The minimum absolute atomic E-state index is 0.0895. The van der Waals surface area contributed by atoms with Crippen LogP contribution in [0.1, 0.15) is 37.3 Å². The number of rotatable bonds is 3. The summed E-state index contributed by atoms with van der Waals surface area (Å²) in [5.41, 5.74) is 7.31. The van der Waals surface area contributed by atoms with Crippen LogP contribution >= 0.6 is 0 Å². The third-order valence-electron chi connectivity index (χ3n) is 3.69. The van der Waals surface area contributed by atoms with Crippen LogP contribution in [0, 0.1) is 0 Å². The van der Waals surface area contributed by atoms with Crippen molar-refractivity contribution in [2.75, 3.05) is 0 Å². The predicted octanol–water partition coefficient (Wildman–Crippen LogP) is 2.63. The average molecular weight is 254 g/mol. The van der Waals surface area contributed by atoms with Crippen molar-refractivity contribution in [2.24, 2.45) is 5.84 Å². The minimum Gasteiger partial charge on any atom is -0.271 e. The smallest absolute Gasteiger partial charge is 0.0890 e. The summed E-state index contributed by atoms with van der Waals surface area (Å²) in [5.74, 6) is 5.75. The molecule has 3 rings (SSSR count). The van der Waals surface area contributed by atoms with Crippen LogP contribution in [0.4, 0.5) is 0 Å². The van der Waals surface area contributed by atoms with Gasteiger partial charge in [-0.15, -0.1) is 0 Å². The summed E-state index contributed by atoms with van der Waals surface area (Å²) >= 11 is 0. The van der Waals surface area contributed by atoms with Gasteiger partial charge in [-0.05, 0) is 43.4 Å². The molecule has 98 valence electrons. The third kappa shape index (κ3) is 2.50. The lowest BCUT2D eigenvalue weighted by Gasteiger charge is -2.23. The number of allylic oxidation sites excluding steroid dienone is 1. The van der Waals surface area contributed by atoms with Gasteiger partial charge in [0, 0.05) is 12.4 Å². The van der Waals surface area contributed by atoms with E-state index in [9.17, 15) is 0 Å². The van der Waals surface area contributed by atoms with Gasteiger partial charge in [0.25, 0.3) is 0 Å². The van der Waals surface area contributed by atoms with Crippen LogP contribution < -0.4 is 11.3 Å². The van der Waals surface area contributed by atoms with E-state index < -0.39 is 0 Å². The molecule has 1 unspecified atom stereocenters. The quantitative estimate of drug-likeness (QED) is 0.502. The molecule has 0 bridgehead atoms. The molecule has 4 heteroatoms. The molecule has 0 spiro atoms. The van der Waals surface area contributed by atoms with Crippen LogP contribution in [-0.2, 0) is 0 Å². The van der Waals surface area contributed by atoms with E-state index in [1.807, 2.05) is 6.07 Å². The molecule has 1 aromatic carbocycles. The van der Waals surface area contributed by atoms with Gasteiger partial charge in [0.15, 0.2) is 0 Å². The summed E-state index contributed by atoms with van der Waals surface area (Å²) < 4.78 is 0. The second-order valence-corrected chi connectivity index (χ2v) is 4.93. The molecule has 1 atom stereocenters. The van der Waals surface area contributed by atoms with Crippen LogP contribution in [-0.4, -0.2) is 9.97 Å². The number of hydrogen-bond donors (Lipinski definition) is 2. The van der Waals surface area contributed by atoms with Crippen molar-refractivity contribution in [1.82, 2.24) is 15.4 Å². The monoisotopic (exact) mass is 254 g/mol. The van der Waals surface area contributed by atoms with E-state index in [-0.39, 0.29) is 6.04 Å². The summed E-state index contributed by atoms with van der Waals surface area (Å²) in [6.07, 6.45) is 10.5. The molecule has 0 saturated carbocycles. The van der Waals surface area contributed by atoms with Crippen molar-refractivity contribution in [1.29, 1.82) is 0 Å². The predicted molar refractivity (Wildman–Crippen MR) is 76.2 cm³/mol. The van der Waals surface area contributed by atoms with Gasteiger partial charge < -0.3 is 0 Å². The van der Waals surface area contributed by atoms with Crippen molar-refractivity contribution in [3.05, 3.63) is 47.8 Å². The molecule has 0 aliphatic heterocycles. The second-order valence-electron chi connectivity index (χ2n) is 4.93. The van der Waals surface area contributed by atoms with Gasteiger partial charge in [-0.1, -0.05) is 17.7 Å². The highest BCUT2D eigenvalue weighted by molar-refractivity contribution is 5.74. The zero-order chi connectivity index (χ0) is 13.1. The van der Waals surface area contributed by atoms with Crippen LogP contribution in [0.25, 0.3) is 11.0 Å². The second kappa shape index (κ2) is 5.47. The Hall–Kier alpha value is -1.78. The first-order chi connectivity index (χ1) is 9.38. The number of fused-ring (bicyclic) bond motifs is 1. The molecule has 1 aromatic heterocycles. The van der Waals surface area contributed by atoms with E-state index >= 15 is 0 Å². The van der Waals surface area contributed by atoms with Gasteiger partial charge in [0.1, 0.15) is 0 Å². The van der Waals surface area contributed by atoms with Gasteiger partial charge in [-0.25, -0.2) is 5.43 Å². The Kier molecular flexibility index (Phi) is 3.53. The fraction of sp³-hybridized carbons (Fsp3) is 0.333. The maximum Gasteiger partial charge on any atom is 0.0890 e. The first-order valence-electron chi connectivity index (χ1n) is 6.74. The molecule has 19 heavy (non-hydrogen) atoms. The third-order valence-corrected chi connectivity index (χ3v) is 3.69. The number of benzene rings is 1. The average Bonchev–Trinajstić information content (AvgIpc) is 2.49. The van der Waals surface area contributed by atoms with Crippen molar-refractivity contribution < 1.29 is 0 Å². The van der Waals surface area contributed by atoms with Gasteiger partial charge >= 0.3 is 0 Å². The van der Waals surface area contributed by atoms with Crippen LogP contribution in [0.5, 0.6) is 0 Å². The van der Waals surface area contributed by atoms with Crippen molar-refractivity contribution in [3.8, 4) is 0 Å². The maximum absolute atomic E-state index is 5.75. The van der Waals surface area contributed by atoms with Crippen molar-refractivity contribution in [3.63, 3.8) is 0 Å². The highest BCUT2D eigenvalue weighted by atomic mass is 15.2. The number of nitrogens with one attached hydrogen (secondary N) is 1. The summed E-state index contributed by atoms with van der Waals surface area (Å²) in [7, 11) is 0. The Labute approximate surface area is 112 Å². The lowest BCUT2D eigenvalue weighted by molar-refractivity contribution is 0.566. The lowest BCUT2D eigenvalue weighted by Crippen LogP contribution is -2.30. The fourth-order valence-corrected chi connectivity index (χ4v) is 2.70. The maximum atomic E-state index is 5.75. The normalized spacial score (nSPS) is 17.2. The van der Waals surface area contributed by atoms with Gasteiger partial charge in [0.05, 0.1) is 17.1 Å². The Morgan fingerprint density at radius 2 is 1.95 bits per heavy atom. The van der Waals surface area contributed by atoms with Crippen LogP contribution in [0.2, 0.25) is 0 Å². The molecule has 1 aliphatic rings. The molecule has 0 amide bonds. The first-order valence-corrected chi connectivity index (χ1v) is 6.74. The van der Waals surface area contributed by atoms with E-state index in [1.165, 1.54) is 18.4 Å². The summed E-state index contributed by atoms with van der Waals surface area (Å²) in [6, 6.07) is 6.25. The van der Waals surface area contributed by atoms with E-state index in [2.05, 4.69) is 33.6 Å². The highest BCUT2D eigenvalue weighted by Gasteiger charge is 2.17. The zero-order valence-corrected chi connectivity index (χ0v) is 10.8. The number of aromatic nitrogens is 2. The Bertz CT molecular complexity index is 606. The highest BCUT2D eigenvalue weighted by Crippen LogP contribution is 2.30. The molecule has 0 radical (unpaired) electrons. The molecule has 3 N–H and O–H groups in total. The summed E-state index contributed by atoms with van der Waals surface area (Å²) in [4.78, 5) is 8.64. The van der Waals surface area contributed by atoms with Crippen molar-refractivity contribution >= 4 is 11.0 Å².